The fraction of sp³-hybridized carbons (Fsp3) is 0.550. The SMILES string of the molecule is Cc1c(C(=O)NC2C3CC4CC(C3)CC2C4)nnn1-c1cccc([N+](=O)[O-])c1. The van der Waals surface area contributed by atoms with E-state index in [2.05, 4.69) is 15.6 Å². The van der Waals surface area contributed by atoms with Gasteiger partial charge in [-0.3, -0.25) is 14.9 Å². The minimum Gasteiger partial charge on any atom is -0.347 e. The molecule has 4 aliphatic carbocycles. The molecule has 1 amide bonds. The second-order valence-corrected chi connectivity index (χ2v) is 8.64. The Morgan fingerprint density at radius 3 is 2.50 bits per heavy atom. The number of benzene rings is 1. The summed E-state index contributed by atoms with van der Waals surface area (Å²) in [5.74, 6) is 2.70. The number of nitrogens with one attached hydrogen (secondary N) is 1. The molecule has 8 heteroatoms. The molecule has 4 saturated carbocycles. The lowest BCUT2D eigenvalue weighted by atomic mass is 9.54. The Kier molecular flexibility index (Phi) is 3.96. The van der Waals surface area contributed by atoms with Gasteiger partial charge in [-0.2, -0.15) is 0 Å². The topological polar surface area (TPSA) is 103 Å². The highest BCUT2D eigenvalue weighted by Crippen LogP contribution is 2.53. The Morgan fingerprint density at radius 1 is 1.18 bits per heavy atom. The van der Waals surface area contributed by atoms with Gasteiger partial charge in [-0.25, -0.2) is 4.68 Å². The van der Waals surface area contributed by atoms with Crippen LogP contribution in [0.1, 0.15) is 48.3 Å². The summed E-state index contributed by atoms with van der Waals surface area (Å²) in [6, 6.07) is 6.41. The molecule has 1 aromatic carbocycles. The van der Waals surface area contributed by atoms with Crippen LogP contribution >= 0.6 is 0 Å². The molecule has 0 atom stereocenters. The third-order valence-corrected chi connectivity index (χ3v) is 6.92. The first-order chi connectivity index (χ1) is 13.5. The summed E-state index contributed by atoms with van der Waals surface area (Å²) in [5, 5.41) is 22.4. The Morgan fingerprint density at radius 2 is 1.86 bits per heavy atom. The number of carbonyl (C=O) groups is 1. The molecule has 1 heterocycles. The van der Waals surface area contributed by atoms with Crippen molar-refractivity contribution in [2.24, 2.45) is 23.7 Å². The number of non-ortho nitro benzene ring substituents is 1. The van der Waals surface area contributed by atoms with Crippen LogP contribution in [-0.2, 0) is 0 Å². The molecule has 0 spiro atoms. The summed E-state index contributed by atoms with van der Waals surface area (Å²) < 4.78 is 1.48. The summed E-state index contributed by atoms with van der Waals surface area (Å²) in [7, 11) is 0. The van der Waals surface area contributed by atoms with Crippen LogP contribution in [0.3, 0.4) is 0 Å². The Hall–Kier alpha value is -2.77. The largest absolute Gasteiger partial charge is 0.347 e. The Balaban J connectivity index is 1.37. The van der Waals surface area contributed by atoms with Gasteiger partial charge in [-0.05, 0) is 68.8 Å². The molecule has 6 rings (SSSR count). The molecule has 8 nitrogen and oxygen atoms in total. The van der Waals surface area contributed by atoms with E-state index in [4.69, 9.17) is 0 Å². The molecule has 0 unspecified atom stereocenters. The fourth-order valence-corrected chi connectivity index (χ4v) is 5.90. The maximum Gasteiger partial charge on any atom is 0.274 e. The van der Waals surface area contributed by atoms with Gasteiger partial charge in [0.25, 0.3) is 11.6 Å². The highest BCUT2D eigenvalue weighted by Gasteiger charge is 2.48. The van der Waals surface area contributed by atoms with Crippen molar-refractivity contribution in [2.45, 2.75) is 45.1 Å². The van der Waals surface area contributed by atoms with E-state index in [0.717, 1.165) is 11.8 Å². The molecule has 28 heavy (non-hydrogen) atoms. The lowest BCUT2D eigenvalue weighted by molar-refractivity contribution is -0.384. The number of carbonyl (C=O) groups excluding carboxylic acids is 1. The van der Waals surface area contributed by atoms with E-state index in [1.807, 2.05) is 0 Å². The maximum absolute atomic E-state index is 12.9. The van der Waals surface area contributed by atoms with E-state index >= 15 is 0 Å². The minimum atomic E-state index is -0.449. The summed E-state index contributed by atoms with van der Waals surface area (Å²) in [4.78, 5) is 23.5. The average molecular weight is 381 g/mol. The first kappa shape index (κ1) is 17.3. The zero-order chi connectivity index (χ0) is 19.4. The third kappa shape index (κ3) is 2.78. The summed E-state index contributed by atoms with van der Waals surface area (Å²) in [5.41, 5.74) is 1.38. The van der Waals surface area contributed by atoms with Crippen LogP contribution in [0.2, 0.25) is 0 Å². The van der Waals surface area contributed by atoms with Crippen LogP contribution in [0.5, 0.6) is 0 Å². The molecule has 146 valence electrons. The molecule has 1 N–H and O–H groups in total. The second kappa shape index (κ2) is 6.39. The van der Waals surface area contributed by atoms with Gasteiger partial charge in [0.05, 0.1) is 16.3 Å². The minimum absolute atomic E-state index is 0.0213. The van der Waals surface area contributed by atoms with Crippen LogP contribution in [0.25, 0.3) is 5.69 Å². The van der Waals surface area contributed by atoms with Crippen LogP contribution in [-0.4, -0.2) is 31.9 Å². The van der Waals surface area contributed by atoms with Crippen molar-refractivity contribution >= 4 is 11.6 Å². The lowest BCUT2D eigenvalue weighted by Crippen LogP contribution is -2.55. The first-order valence-electron chi connectivity index (χ1n) is 9.97. The second-order valence-electron chi connectivity index (χ2n) is 8.64. The number of hydrogen-bond acceptors (Lipinski definition) is 5. The molecular weight excluding hydrogens is 358 g/mol. The fourth-order valence-electron chi connectivity index (χ4n) is 5.90. The van der Waals surface area contributed by atoms with E-state index in [9.17, 15) is 14.9 Å². The van der Waals surface area contributed by atoms with Crippen molar-refractivity contribution in [3.05, 3.63) is 45.8 Å². The maximum atomic E-state index is 12.9. The first-order valence-corrected chi connectivity index (χ1v) is 9.97. The number of rotatable bonds is 4. The van der Waals surface area contributed by atoms with Gasteiger partial charge < -0.3 is 5.32 Å². The summed E-state index contributed by atoms with van der Waals surface area (Å²) >= 11 is 0. The number of amides is 1. The lowest BCUT2D eigenvalue weighted by Gasteiger charge is -2.54. The highest BCUT2D eigenvalue weighted by molar-refractivity contribution is 5.93. The Bertz CT molecular complexity index is 925. The van der Waals surface area contributed by atoms with Gasteiger partial charge >= 0.3 is 0 Å². The molecule has 0 saturated heterocycles. The van der Waals surface area contributed by atoms with Gasteiger partial charge in [-0.1, -0.05) is 11.3 Å². The molecule has 0 aliphatic heterocycles. The quantitative estimate of drug-likeness (QED) is 0.648. The number of nitro groups is 1. The van der Waals surface area contributed by atoms with Crippen molar-refractivity contribution in [2.75, 3.05) is 0 Å². The molecule has 2 aromatic rings. The van der Waals surface area contributed by atoms with Gasteiger partial charge in [0.2, 0.25) is 0 Å². The average Bonchev–Trinajstić information content (AvgIpc) is 3.05. The standard InChI is InChI=1S/C20H23N5O3/c1-11-18(22-23-24(11)16-3-2-4-17(10-16)25(27)28)20(26)21-19-14-6-12-5-13(8-14)9-15(19)7-12/h2-4,10,12-15,19H,5-9H2,1H3,(H,21,26). The van der Waals surface area contributed by atoms with E-state index in [1.54, 1.807) is 19.1 Å². The number of hydrogen-bond donors (Lipinski definition) is 1. The molecule has 4 aliphatic rings. The van der Waals surface area contributed by atoms with Crippen molar-refractivity contribution in [3.8, 4) is 5.69 Å². The van der Waals surface area contributed by atoms with Gasteiger partial charge in [0.15, 0.2) is 5.69 Å². The molecule has 4 bridgehead atoms. The molecule has 1 aromatic heterocycles. The zero-order valence-corrected chi connectivity index (χ0v) is 15.7. The monoisotopic (exact) mass is 381 g/mol. The third-order valence-electron chi connectivity index (χ3n) is 6.92. The predicted octanol–water partition coefficient (Wildman–Crippen LogP) is 3.04. The van der Waals surface area contributed by atoms with E-state index in [1.165, 1.54) is 48.9 Å². The Labute approximate surface area is 162 Å². The van der Waals surface area contributed by atoms with Crippen molar-refractivity contribution in [1.82, 2.24) is 20.3 Å². The van der Waals surface area contributed by atoms with Crippen LogP contribution in [0, 0.1) is 40.7 Å². The van der Waals surface area contributed by atoms with Gasteiger partial charge in [0, 0.05) is 18.2 Å². The summed E-state index contributed by atoms with van der Waals surface area (Å²) in [6.07, 6.45) is 6.31. The van der Waals surface area contributed by atoms with E-state index in [-0.39, 0.29) is 17.6 Å². The summed E-state index contributed by atoms with van der Waals surface area (Å²) in [6.45, 7) is 1.77. The predicted molar refractivity (Wildman–Crippen MR) is 101 cm³/mol. The number of aromatic nitrogens is 3. The van der Waals surface area contributed by atoms with Crippen molar-refractivity contribution in [3.63, 3.8) is 0 Å². The number of nitro benzene ring substituents is 1. The molecule has 4 fully saturated rings. The number of nitrogens with zero attached hydrogens (tertiary/aromatic N) is 4. The van der Waals surface area contributed by atoms with Crippen molar-refractivity contribution < 1.29 is 9.72 Å². The van der Waals surface area contributed by atoms with Crippen molar-refractivity contribution in [1.29, 1.82) is 0 Å². The van der Waals surface area contributed by atoms with Gasteiger partial charge in [0.1, 0.15) is 0 Å². The van der Waals surface area contributed by atoms with Gasteiger partial charge in [-0.15, -0.1) is 5.10 Å². The highest BCUT2D eigenvalue weighted by atomic mass is 16.6. The van der Waals surface area contributed by atoms with Crippen LogP contribution in [0.15, 0.2) is 24.3 Å². The normalized spacial score (nSPS) is 30.4. The molecule has 0 radical (unpaired) electrons. The molecular formula is C20H23N5O3. The van der Waals surface area contributed by atoms with E-state index < -0.39 is 4.92 Å². The smallest absolute Gasteiger partial charge is 0.274 e. The zero-order valence-electron chi connectivity index (χ0n) is 15.7. The van der Waals surface area contributed by atoms with Crippen LogP contribution in [0.4, 0.5) is 5.69 Å². The van der Waals surface area contributed by atoms with Crippen LogP contribution < -0.4 is 5.32 Å². The van der Waals surface area contributed by atoms with E-state index in [0.29, 0.717) is 28.9 Å².